The lowest BCUT2D eigenvalue weighted by Gasteiger charge is -2.23. The van der Waals surface area contributed by atoms with Crippen LogP contribution in [0.4, 0.5) is 9.59 Å². The normalized spacial score (nSPS) is 14.5. The third-order valence-electron chi connectivity index (χ3n) is 3.35. The van der Waals surface area contributed by atoms with E-state index in [4.69, 9.17) is 14.2 Å². The summed E-state index contributed by atoms with van der Waals surface area (Å²) < 4.78 is 18.8. The zero-order valence-electron chi connectivity index (χ0n) is 15.4. The number of fused-ring (bicyclic) bond motifs is 1. The lowest BCUT2D eigenvalue weighted by molar-refractivity contribution is 0.102. The van der Waals surface area contributed by atoms with Gasteiger partial charge in [-0.15, -0.1) is 0 Å². The molecule has 1 aliphatic heterocycles. The molecule has 0 N–H and O–H groups in total. The van der Waals surface area contributed by atoms with Crippen molar-refractivity contribution in [1.82, 2.24) is 8.61 Å². The minimum atomic E-state index is -0.615. The van der Waals surface area contributed by atoms with Crippen LogP contribution in [0.1, 0.15) is 33.3 Å². The zero-order chi connectivity index (χ0) is 18.8. The van der Waals surface area contributed by atoms with Crippen molar-refractivity contribution in [2.45, 2.75) is 45.8 Å². The molecule has 0 saturated heterocycles. The lowest BCUT2D eigenvalue weighted by Crippen LogP contribution is -2.32. The van der Waals surface area contributed by atoms with Crippen molar-refractivity contribution < 1.29 is 23.8 Å². The minimum Gasteiger partial charge on any atom is -0.483 e. The Bertz CT molecular complexity index is 662. The van der Waals surface area contributed by atoms with E-state index in [1.807, 2.05) is 26.0 Å². The first-order valence-electron chi connectivity index (χ1n) is 7.98. The number of carbonyl (C=O) groups is 2. The third kappa shape index (κ3) is 4.94. The number of para-hydroxylation sites is 1. The molecule has 0 aromatic heterocycles. The highest BCUT2D eigenvalue weighted by Crippen LogP contribution is 2.42. The smallest absolute Gasteiger partial charge is 0.426 e. The molecule has 1 aliphatic rings. The van der Waals surface area contributed by atoms with E-state index in [1.54, 1.807) is 19.9 Å². The molecule has 0 atom stereocenters. The Kier molecular flexibility index (Phi) is 5.72. The molecule has 0 fully saturated rings. The molecule has 0 radical (unpaired) electrons. The van der Waals surface area contributed by atoms with Gasteiger partial charge in [-0.2, -0.15) is 0 Å². The Balaban J connectivity index is 1.99. The van der Waals surface area contributed by atoms with Gasteiger partial charge in [0.25, 0.3) is 0 Å². The average Bonchev–Trinajstić information content (AvgIpc) is 2.81. The second-order valence-electron chi connectivity index (χ2n) is 6.66. The number of rotatable bonds is 4. The fourth-order valence-corrected chi connectivity index (χ4v) is 2.93. The van der Waals surface area contributed by atoms with Crippen LogP contribution in [0.5, 0.6) is 11.5 Å². The van der Waals surface area contributed by atoms with Crippen LogP contribution < -0.4 is 9.47 Å². The largest absolute Gasteiger partial charge is 0.483 e. The molecule has 7 nitrogen and oxygen atoms in total. The van der Waals surface area contributed by atoms with Crippen LogP contribution in [0.3, 0.4) is 0 Å². The number of carbonyl (C=O) groups excluding carboxylic acids is 2. The Morgan fingerprint density at radius 1 is 1.20 bits per heavy atom. The van der Waals surface area contributed by atoms with E-state index in [-0.39, 0.29) is 11.7 Å². The van der Waals surface area contributed by atoms with E-state index in [2.05, 4.69) is 0 Å². The second kappa shape index (κ2) is 7.43. The van der Waals surface area contributed by atoms with Gasteiger partial charge in [0.15, 0.2) is 11.5 Å². The highest BCUT2D eigenvalue weighted by molar-refractivity contribution is 7.95. The summed E-state index contributed by atoms with van der Waals surface area (Å²) >= 11 is 0.887. The van der Waals surface area contributed by atoms with E-state index in [9.17, 15) is 9.59 Å². The molecule has 2 amide bonds. The molecule has 1 aromatic carbocycles. The van der Waals surface area contributed by atoms with Crippen molar-refractivity contribution in [3.63, 3.8) is 0 Å². The van der Waals surface area contributed by atoms with E-state index in [0.717, 1.165) is 24.1 Å². The summed E-state index contributed by atoms with van der Waals surface area (Å²) in [7, 11) is 3.03. The molecule has 138 valence electrons. The van der Waals surface area contributed by atoms with Crippen LogP contribution in [-0.4, -0.2) is 46.6 Å². The standard InChI is InChI=1S/C17H24N2O5S/c1-11(2)22-15(20)18(5)25-19(6)16(21)23-13-9-7-8-12-10-17(3,4)24-14(12)13/h7-9,11H,10H2,1-6H3. The predicted molar refractivity (Wildman–Crippen MR) is 95.6 cm³/mol. The predicted octanol–water partition coefficient (Wildman–Crippen LogP) is 3.87. The number of amides is 2. The maximum absolute atomic E-state index is 12.3. The fourth-order valence-electron chi connectivity index (χ4n) is 2.35. The number of hydrogen-bond acceptors (Lipinski definition) is 6. The van der Waals surface area contributed by atoms with Crippen LogP contribution in [-0.2, 0) is 11.2 Å². The first-order valence-corrected chi connectivity index (χ1v) is 8.71. The van der Waals surface area contributed by atoms with E-state index >= 15 is 0 Å². The van der Waals surface area contributed by atoms with Gasteiger partial charge in [-0.1, -0.05) is 12.1 Å². The molecular formula is C17H24N2O5S. The highest BCUT2D eigenvalue weighted by Gasteiger charge is 2.33. The van der Waals surface area contributed by atoms with Gasteiger partial charge in [0, 0.05) is 26.1 Å². The molecule has 8 heteroatoms. The Hall–Kier alpha value is -2.09. The number of hydrogen-bond donors (Lipinski definition) is 0. The average molecular weight is 368 g/mol. The quantitative estimate of drug-likeness (QED) is 0.752. The van der Waals surface area contributed by atoms with Crippen molar-refractivity contribution >= 4 is 24.3 Å². The topological polar surface area (TPSA) is 68.3 Å². The summed E-state index contributed by atoms with van der Waals surface area (Å²) in [4.78, 5) is 24.1. The lowest BCUT2D eigenvalue weighted by atomic mass is 10.0. The highest BCUT2D eigenvalue weighted by atomic mass is 32.2. The summed E-state index contributed by atoms with van der Waals surface area (Å²) in [5, 5.41) is 0. The third-order valence-corrected chi connectivity index (χ3v) is 4.14. The van der Waals surface area contributed by atoms with Gasteiger partial charge in [-0.3, -0.25) is 0 Å². The molecule has 0 bridgehead atoms. The molecule has 1 aromatic rings. The molecule has 2 rings (SSSR count). The molecule has 0 spiro atoms. The molecule has 25 heavy (non-hydrogen) atoms. The second-order valence-corrected chi connectivity index (χ2v) is 7.92. The van der Waals surface area contributed by atoms with Crippen LogP contribution in [0, 0.1) is 0 Å². The minimum absolute atomic E-state index is 0.236. The maximum atomic E-state index is 12.3. The van der Waals surface area contributed by atoms with Gasteiger partial charge < -0.3 is 14.2 Å². The van der Waals surface area contributed by atoms with Crippen LogP contribution in [0.25, 0.3) is 0 Å². The first-order chi connectivity index (χ1) is 11.6. The molecule has 0 unspecified atom stereocenters. The van der Waals surface area contributed by atoms with Crippen molar-refractivity contribution in [3.8, 4) is 11.5 Å². The van der Waals surface area contributed by atoms with Gasteiger partial charge in [-0.05, 0) is 33.8 Å². The van der Waals surface area contributed by atoms with Gasteiger partial charge in [0.05, 0.1) is 18.2 Å². The van der Waals surface area contributed by atoms with Crippen LogP contribution in [0.15, 0.2) is 18.2 Å². The molecular weight excluding hydrogens is 344 g/mol. The SMILES string of the molecule is CC(C)OC(=O)N(C)SN(C)C(=O)Oc1cccc2c1OC(C)(C)C2. The van der Waals surface area contributed by atoms with Gasteiger partial charge in [0.1, 0.15) is 5.60 Å². The number of nitrogens with zero attached hydrogens (tertiary/aromatic N) is 2. The van der Waals surface area contributed by atoms with Crippen molar-refractivity contribution in [3.05, 3.63) is 23.8 Å². The Morgan fingerprint density at radius 2 is 1.84 bits per heavy atom. The van der Waals surface area contributed by atoms with Crippen LogP contribution in [0.2, 0.25) is 0 Å². The summed E-state index contributed by atoms with van der Waals surface area (Å²) in [6.07, 6.45) is -0.635. The molecule has 1 heterocycles. The van der Waals surface area contributed by atoms with Gasteiger partial charge >= 0.3 is 12.2 Å². The van der Waals surface area contributed by atoms with Crippen molar-refractivity contribution in [1.29, 1.82) is 0 Å². The first kappa shape index (κ1) is 19.2. The van der Waals surface area contributed by atoms with Crippen molar-refractivity contribution in [2.75, 3.05) is 14.1 Å². The van der Waals surface area contributed by atoms with Crippen molar-refractivity contribution in [2.24, 2.45) is 0 Å². The zero-order valence-corrected chi connectivity index (χ0v) is 16.2. The fraction of sp³-hybridized carbons (Fsp3) is 0.529. The number of ether oxygens (including phenoxy) is 3. The summed E-state index contributed by atoms with van der Waals surface area (Å²) in [6.45, 7) is 7.48. The van der Waals surface area contributed by atoms with E-state index in [0.29, 0.717) is 11.5 Å². The monoisotopic (exact) mass is 368 g/mol. The Morgan fingerprint density at radius 3 is 2.48 bits per heavy atom. The Labute approximate surface area is 152 Å². The maximum Gasteiger partial charge on any atom is 0.426 e. The van der Waals surface area contributed by atoms with Gasteiger partial charge in [-0.25, -0.2) is 18.2 Å². The summed E-state index contributed by atoms with van der Waals surface area (Å²) in [5.74, 6) is 0.958. The number of benzene rings is 1. The molecule has 0 aliphatic carbocycles. The van der Waals surface area contributed by atoms with E-state index < -0.39 is 12.2 Å². The summed E-state index contributed by atoms with van der Waals surface area (Å²) in [6, 6.07) is 5.47. The van der Waals surface area contributed by atoms with Crippen LogP contribution >= 0.6 is 12.1 Å². The van der Waals surface area contributed by atoms with E-state index in [1.165, 1.54) is 22.7 Å². The van der Waals surface area contributed by atoms with Gasteiger partial charge in [0.2, 0.25) is 0 Å². The molecule has 0 saturated carbocycles. The summed E-state index contributed by atoms with van der Waals surface area (Å²) in [5.41, 5.74) is 0.676.